The van der Waals surface area contributed by atoms with Gasteiger partial charge in [0.25, 0.3) is 11.5 Å². The molecule has 0 aliphatic carbocycles. The average Bonchev–Trinajstić information content (AvgIpc) is 2.72. The fourth-order valence-electron chi connectivity index (χ4n) is 3.57. The van der Waals surface area contributed by atoms with Gasteiger partial charge in [-0.15, -0.1) is 0 Å². The summed E-state index contributed by atoms with van der Waals surface area (Å²) in [6.45, 7) is 6.71. The van der Waals surface area contributed by atoms with Crippen molar-refractivity contribution in [2.45, 2.75) is 32.5 Å². The highest BCUT2D eigenvalue weighted by molar-refractivity contribution is 5.94. The Morgan fingerprint density at radius 3 is 2.57 bits per heavy atom. The van der Waals surface area contributed by atoms with E-state index in [1.54, 1.807) is 19.2 Å². The molecule has 0 saturated carbocycles. The standard InChI is InChI=1S/C21H28FN5O3/c1-13(2)27-10-9-25(3)16(12-27)19-24-17(18(28)21(30)26(19)4)20(29)23-11-14-5-7-15(22)8-6-14/h5-8,13,16,28H,9-12H2,1-4H3,(H,23,29). The van der Waals surface area contributed by atoms with E-state index in [9.17, 15) is 19.1 Å². The molecule has 1 unspecified atom stereocenters. The van der Waals surface area contributed by atoms with Crippen molar-refractivity contribution in [3.05, 3.63) is 57.5 Å². The van der Waals surface area contributed by atoms with Crippen molar-refractivity contribution in [1.29, 1.82) is 0 Å². The summed E-state index contributed by atoms with van der Waals surface area (Å²) in [5, 5.41) is 12.9. The van der Waals surface area contributed by atoms with E-state index in [0.29, 0.717) is 24.0 Å². The molecule has 1 aromatic heterocycles. The third-order valence-corrected chi connectivity index (χ3v) is 5.59. The molecule has 2 N–H and O–H groups in total. The maximum atomic E-state index is 13.0. The van der Waals surface area contributed by atoms with E-state index in [-0.39, 0.29) is 24.1 Å². The summed E-state index contributed by atoms with van der Waals surface area (Å²) in [6, 6.07) is 5.85. The van der Waals surface area contributed by atoms with Gasteiger partial charge in [0.2, 0.25) is 5.75 Å². The number of amides is 1. The Bertz CT molecular complexity index is 974. The van der Waals surface area contributed by atoms with Crippen LogP contribution in [0, 0.1) is 5.82 Å². The van der Waals surface area contributed by atoms with Crippen LogP contribution in [0.3, 0.4) is 0 Å². The van der Waals surface area contributed by atoms with Crippen LogP contribution in [0.4, 0.5) is 4.39 Å². The summed E-state index contributed by atoms with van der Waals surface area (Å²) in [5.74, 6) is -1.28. The molecule has 8 nitrogen and oxygen atoms in total. The number of halogens is 1. The van der Waals surface area contributed by atoms with Gasteiger partial charge in [-0.3, -0.25) is 24.0 Å². The van der Waals surface area contributed by atoms with E-state index in [1.807, 2.05) is 7.05 Å². The number of nitrogens with zero attached hydrogens (tertiary/aromatic N) is 4. The second kappa shape index (κ2) is 8.93. The van der Waals surface area contributed by atoms with E-state index in [4.69, 9.17) is 0 Å². The van der Waals surface area contributed by atoms with Crippen molar-refractivity contribution in [1.82, 2.24) is 24.7 Å². The molecule has 2 heterocycles. The van der Waals surface area contributed by atoms with Crippen molar-refractivity contribution in [2.75, 3.05) is 26.7 Å². The van der Waals surface area contributed by atoms with Crippen molar-refractivity contribution in [3.63, 3.8) is 0 Å². The van der Waals surface area contributed by atoms with Crippen LogP contribution in [0.15, 0.2) is 29.1 Å². The highest BCUT2D eigenvalue weighted by Gasteiger charge is 2.31. The fraction of sp³-hybridized carbons (Fsp3) is 0.476. The van der Waals surface area contributed by atoms with Gasteiger partial charge >= 0.3 is 0 Å². The summed E-state index contributed by atoms with van der Waals surface area (Å²) < 4.78 is 14.3. The first-order valence-electron chi connectivity index (χ1n) is 9.95. The summed E-state index contributed by atoms with van der Waals surface area (Å²) >= 11 is 0. The molecule has 0 spiro atoms. The van der Waals surface area contributed by atoms with Crippen LogP contribution >= 0.6 is 0 Å². The first-order chi connectivity index (χ1) is 14.2. The van der Waals surface area contributed by atoms with Gasteiger partial charge in [-0.05, 0) is 38.6 Å². The normalized spacial score (nSPS) is 18.0. The molecule has 1 atom stereocenters. The number of nitrogens with one attached hydrogen (secondary N) is 1. The molecule has 0 radical (unpaired) electrons. The Kier molecular flexibility index (Phi) is 6.52. The van der Waals surface area contributed by atoms with Crippen LogP contribution in [0.25, 0.3) is 0 Å². The zero-order chi connectivity index (χ0) is 22.0. The van der Waals surface area contributed by atoms with Gasteiger partial charge in [-0.2, -0.15) is 0 Å². The van der Waals surface area contributed by atoms with Crippen molar-refractivity contribution < 1.29 is 14.3 Å². The van der Waals surface area contributed by atoms with E-state index in [2.05, 4.69) is 33.9 Å². The van der Waals surface area contributed by atoms with Crippen LogP contribution in [-0.4, -0.2) is 63.1 Å². The minimum atomic E-state index is -0.683. The number of carbonyl (C=O) groups is 1. The monoisotopic (exact) mass is 417 g/mol. The van der Waals surface area contributed by atoms with Crippen molar-refractivity contribution in [2.24, 2.45) is 7.05 Å². The second-order valence-corrected chi connectivity index (χ2v) is 7.93. The number of aromatic hydroxyl groups is 1. The molecule has 1 aliphatic rings. The van der Waals surface area contributed by atoms with Crippen LogP contribution in [0.5, 0.6) is 5.75 Å². The van der Waals surface area contributed by atoms with Gasteiger partial charge in [-0.25, -0.2) is 9.37 Å². The van der Waals surface area contributed by atoms with Crippen LogP contribution in [0.1, 0.15) is 41.8 Å². The quantitative estimate of drug-likeness (QED) is 0.761. The van der Waals surface area contributed by atoms with E-state index < -0.39 is 17.2 Å². The maximum absolute atomic E-state index is 13.0. The molecule has 2 aromatic rings. The number of aromatic nitrogens is 2. The molecular formula is C21H28FN5O3. The molecule has 1 amide bonds. The minimum Gasteiger partial charge on any atom is -0.501 e. The molecule has 1 saturated heterocycles. The third-order valence-electron chi connectivity index (χ3n) is 5.59. The van der Waals surface area contributed by atoms with Gasteiger partial charge in [0.1, 0.15) is 11.6 Å². The van der Waals surface area contributed by atoms with Crippen LogP contribution in [0.2, 0.25) is 0 Å². The first kappa shape index (κ1) is 21.9. The Morgan fingerprint density at radius 1 is 1.27 bits per heavy atom. The lowest BCUT2D eigenvalue weighted by atomic mass is 10.1. The van der Waals surface area contributed by atoms with Crippen LogP contribution < -0.4 is 10.9 Å². The maximum Gasteiger partial charge on any atom is 0.296 e. The Hall–Kier alpha value is -2.78. The van der Waals surface area contributed by atoms with E-state index in [0.717, 1.165) is 13.1 Å². The van der Waals surface area contributed by atoms with Gasteiger partial charge in [0.05, 0.1) is 6.04 Å². The lowest BCUT2D eigenvalue weighted by molar-refractivity contribution is 0.0678. The summed E-state index contributed by atoms with van der Waals surface area (Å²) in [6.07, 6.45) is 0. The van der Waals surface area contributed by atoms with Gasteiger partial charge in [-0.1, -0.05) is 12.1 Å². The predicted octanol–water partition coefficient (Wildman–Crippen LogP) is 1.25. The number of carbonyl (C=O) groups excluding carboxylic acids is 1. The van der Waals surface area contributed by atoms with E-state index in [1.165, 1.54) is 16.7 Å². The molecule has 30 heavy (non-hydrogen) atoms. The Morgan fingerprint density at radius 2 is 1.93 bits per heavy atom. The summed E-state index contributed by atoms with van der Waals surface area (Å²) in [5.41, 5.74) is -0.278. The molecule has 1 aliphatic heterocycles. The molecular weight excluding hydrogens is 389 g/mol. The summed E-state index contributed by atoms with van der Waals surface area (Å²) in [4.78, 5) is 34.1. The average molecular weight is 417 g/mol. The molecule has 1 aromatic carbocycles. The van der Waals surface area contributed by atoms with Crippen LogP contribution in [-0.2, 0) is 13.6 Å². The fourth-order valence-corrected chi connectivity index (χ4v) is 3.57. The van der Waals surface area contributed by atoms with Gasteiger partial charge in [0, 0.05) is 39.3 Å². The Labute approximate surface area is 174 Å². The predicted molar refractivity (Wildman–Crippen MR) is 111 cm³/mol. The molecule has 1 fully saturated rings. The minimum absolute atomic E-state index is 0.120. The third kappa shape index (κ3) is 4.52. The SMILES string of the molecule is CC(C)N1CCN(C)C(c2nc(C(=O)NCc3ccc(F)cc3)c(O)c(=O)n2C)C1. The van der Waals surface area contributed by atoms with Gasteiger partial charge < -0.3 is 10.4 Å². The largest absolute Gasteiger partial charge is 0.501 e. The topological polar surface area (TPSA) is 90.7 Å². The number of likely N-dealkylation sites (N-methyl/N-ethyl adjacent to an activating group) is 1. The molecule has 9 heteroatoms. The second-order valence-electron chi connectivity index (χ2n) is 7.93. The number of hydrogen-bond acceptors (Lipinski definition) is 6. The first-order valence-corrected chi connectivity index (χ1v) is 9.95. The Balaban J connectivity index is 1.88. The number of benzene rings is 1. The smallest absolute Gasteiger partial charge is 0.296 e. The highest BCUT2D eigenvalue weighted by atomic mass is 19.1. The zero-order valence-corrected chi connectivity index (χ0v) is 17.7. The lowest BCUT2D eigenvalue weighted by Gasteiger charge is -2.41. The molecule has 162 valence electrons. The lowest BCUT2D eigenvalue weighted by Crippen LogP contribution is -2.50. The van der Waals surface area contributed by atoms with E-state index >= 15 is 0 Å². The zero-order valence-electron chi connectivity index (χ0n) is 17.7. The number of piperazine rings is 1. The molecule has 0 bridgehead atoms. The molecule has 3 rings (SSSR count). The van der Waals surface area contributed by atoms with Crippen molar-refractivity contribution >= 4 is 5.91 Å². The highest BCUT2D eigenvalue weighted by Crippen LogP contribution is 2.24. The van der Waals surface area contributed by atoms with Gasteiger partial charge in [0.15, 0.2) is 5.69 Å². The number of rotatable bonds is 5. The van der Waals surface area contributed by atoms with Crippen molar-refractivity contribution in [3.8, 4) is 5.75 Å². The number of hydrogen-bond donors (Lipinski definition) is 2. The summed E-state index contributed by atoms with van der Waals surface area (Å²) in [7, 11) is 3.50.